The second-order valence-corrected chi connectivity index (χ2v) is 19.6. The van der Waals surface area contributed by atoms with Gasteiger partial charge in [0, 0.05) is 73.4 Å². The fourth-order valence-corrected chi connectivity index (χ4v) is 11.9. The number of benzene rings is 11. The zero-order valence-electron chi connectivity index (χ0n) is 41.8. The lowest BCUT2D eigenvalue weighted by Crippen LogP contribution is -2.28. The molecule has 0 radical (unpaired) electrons. The summed E-state index contributed by atoms with van der Waals surface area (Å²) in [4.78, 5) is 7.24. The van der Waals surface area contributed by atoms with Crippen molar-refractivity contribution in [2.45, 2.75) is 12.0 Å². The average molecular weight is 973 g/mol. The van der Waals surface area contributed by atoms with E-state index in [4.69, 9.17) is 0 Å². The summed E-state index contributed by atoms with van der Waals surface area (Å²) < 4.78 is 2.49. The van der Waals surface area contributed by atoms with Gasteiger partial charge in [0.2, 0.25) is 0 Å². The molecule has 4 nitrogen and oxygen atoms in total. The molecule has 76 heavy (non-hydrogen) atoms. The number of allylic oxidation sites excluding steroid dienone is 2. The van der Waals surface area contributed by atoms with Crippen LogP contribution in [0.3, 0.4) is 0 Å². The van der Waals surface area contributed by atoms with Gasteiger partial charge in [0.1, 0.15) is 0 Å². The zero-order valence-corrected chi connectivity index (χ0v) is 41.8. The third-order valence-electron chi connectivity index (χ3n) is 15.3. The molecule has 1 aliphatic carbocycles. The molecular weight excluding hydrogens is 921 g/mol. The Morgan fingerprint density at radius 2 is 0.816 bits per heavy atom. The minimum atomic E-state index is 0.193. The van der Waals surface area contributed by atoms with Crippen LogP contribution in [-0.2, 0) is 0 Å². The van der Waals surface area contributed by atoms with E-state index in [9.17, 15) is 0 Å². The largest absolute Gasteiger partial charge is 0.333 e. The molecule has 0 saturated heterocycles. The maximum absolute atomic E-state index is 2.50. The summed E-state index contributed by atoms with van der Waals surface area (Å²) in [6.45, 7) is 0. The standard InChI is InChI=1S/C72H52N4/c1-7-22-52(23-8-1)70-66-48-47-63-62(35-21-36-65(63)72(66)76(57-32-17-6-18-33-57)71(70)53-24-9-2-10-25-53)51-38-40-58(41-39-51)74(60-44-42-59(43-45-60)73(54-26-11-3-12-27-54)55-28-13-4-14-29-55)61-46-49-69-67(50-61)64-34-19-20-37-68(64)75(69)56-30-15-5-16-31-56/h1-50,64,68H. The number of para-hydroxylation sites is 4. The summed E-state index contributed by atoms with van der Waals surface area (Å²) in [7, 11) is 0. The predicted molar refractivity (Wildman–Crippen MR) is 320 cm³/mol. The molecule has 1 aliphatic heterocycles. The molecule has 2 aliphatic rings. The highest BCUT2D eigenvalue weighted by atomic mass is 15.2. The SMILES string of the molecule is C1=CC2c3cc(N(c4ccc(-c5cccc6c5ccc5c(-c7ccccc7)c(-c7ccccc7)n(-c7ccccc7)c56)cc4)c4ccc(N(c5ccccc5)c5ccccc5)cc4)ccc3N(c3ccccc3)C2C=C1. The van der Waals surface area contributed by atoms with Crippen LogP contribution in [0.25, 0.3) is 60.9 Å². The number of rotatable bonds is 11. The number of hydrogen-bond acceptors (Lipinski definition) is 3. The Morgan fingerprint density at radius 3 is 1.43 bits per heavy atom. The van der Waals surface area contributed by atoms with Gasteiger partial charge < -0.3 is 19.3 Å². The average Bonchev–Trinajstić information content (AvgIpc) is 4.07. The van der Waals surface area contributed by atoms with Crippen LogP contribution in [0.5, 0.6) is 0 Å². The van der Waals surface area contributed by atoms with Gasteiger partial charge in [-0.3, -0.25) is 0 Å². The van der Waals surface area contributed by atoms with Gasteiger partial charge >= 0.3 is 0 Å². The lowest BCUT2D eigenvalue weighted by Gasteiger charge is -2.29. The van der Waals surface area contributed by atoms with E-state index < -0.39 is 0 Å². The van der Waals surface area contributed by atoms with Crippen molar-refractivity contribution < 1.29 is 0 Å². The minimum Gasteiger partial charge on any atom is -0.333 e. The van der Waals surface area contributed by atoms with E-state index in [1.54, 1.807) is 0 Å². The molecule has 0 fully saturated rings. The summed E-state index contributed by atoms with van der Waals surface area (Å²) >= 11 is 0. The molecule has 0 bridgehead atoms. The van der Waals surface area contributed by atoms with Crippen molar-refractivity contribution in [1.82, 2.24) is 4.57 Å². The van der Waals surface area contributed by atoms with E-state index in [-0.39, 0.29) is 12.0 Å². The van der Waals surface area contributed by atoms with Crippen molar-refractivity contribution in [3.63, 3.8) is 0 Å². The van der Waals surface area contributed by atoms with Gasteiger partial charge in [0.05, 0.1) is 17.3 Å². The van der Waals surface area contributed by atoms with E-state index in [1.165, 1.54) is 66.6 Å². The molecule has 0 saturated carbocycles. The molecule has 2 atom stereocenters. The topological polar surface area (TPSA) is 14.7 Å². The summed E-state index contributed by atoms with van der Waals surface area (Å²) in [5.74, 6) is 0.213. The Balaban J connectivity index is 0.914. The molecule has 12 aromatic rings. The van der Waals surface area contributed by atoms with Crippen molar-refractivity contribution >= 4 is 67.2 Å². The van der Waals surface area contributed by atoms with E-state index >= 15 is 0 Å². The number of anilines is 8. The van der Waals surface area contributed by atoms with Crippen molar-refractivity contribution in [3.8, 4) is 39.2 Å². The zero-order chi connectivity index (χ0) is 50.4. The van der Waals surface area contributed by atoms with Gasteiger partial charge in [0.15, 0.2) is 0 Å². The molecule has 360 valence electrons. The van der Waals surface area contributed by atoms with Crippen molar-refractivity contribution in [2.75, 3.05) is 14.7 Å². The Hall–Kier alpha value is -9.90. The maximum atomic E-state index is 2.50. The molecule has 2 heterocycles. The predicted octanol–water partition coefficient (Wildman–Crippen LogP) is 19.5. The third-order valence-corrected chi connectivity index (χ3v) is 15.3. The highest BCUT2D eigenvalue weighted by molar-refractivity contribution is 6.18. The summed E-state index contributed by atoms with van der Waals surface area (Å²) in [6.07, 6.45) is 9.11. The van der Waals surface area contributed by atoms with Crippen molar-refractivity contribution in [2.24, 2.45) is 0 Å². The van der Waals surface area contributed by atoms with Crippen molar-refractivity contribution in [3.05, 3.63) is 309 Å². The Labute approximate surface area is 444 Å². The lowest BCUT2D eigenvalue weighted by molar-refractivity contribution is 0.745. The Bertz CT molecular complexity index is 4040. The molecule has 2 unspecified atom stereocenters. The maximum Gasteiger partial charge on any atom is 0.0629 e. The summed E-state index contributed by atoms with van der Waals surface area (Å²) in [6, 6.07) is 102. The van der Waals surface area contributed by atoms with E-state index in [0.717, 1.165) is 45.4 Å². The second kappa shape index (κ2) is 19.2. The fraction of sp³-hybridized carbons (Fsp3) is 0.0278. The first-order valence-electron chi connectivity index (χ1n) is 26.3. The summed E-state index contributed by atoms with van der Waals surface area (Å²) in [5.41, 5.74) is 19.8. The van der Waals surface area contributed by atoms with Crippen LogP contribution in [-0.4, -0.2) is 10.6 Å². The molecule has 1 aromatic heterocycles. The molecule has 0 amide bonds. The Morgan fingerprint density at radius 1 is 0.329 bits per heavy atom. The number of nitrogens with zero attached hydrogens (tertiary/aromatic N) is 4. The molecule has 0 N–H and O–H groups in total. The summed E-state index contributed by atoms with van der Waals surface area (Å²) in [5, 5.41) is 3.63. The normalized spacial score (nSPS) is 14.4. The Kier molecular flexibility index (Phi) is 11.3. The van der Waals surface area contributed by atoms with Gasteiger partial charge in [-0.1, -0.05) is 200 Å². The quantitative estimate of drug-likeness (QED) is 0.128. The number of hydrogen-bond donors (Lipinski definition) is 0. The van der Waals surface area contributed by atoms with Crippen LogP contribution in [0.2, 0.25) is 0 Å². The molecule has 0 spiro atoms. The van der Waals surface area contributed by atoms with Crippen LogP contribution in [0.4, 0.5) is 45.5 Å². The first-order chi connectivity index (χ1) is 37.7. The number of aromatic nitrogens is 1. The van der Waals surface area contributed by atoms with E-state index in [0.29, 0.717) is 0 Å². The molecular formula is C72H52N4. The van der Waals surface area contributed by atoms with Gasteiger partial charge in [-0.25, -0.2) is 0 Å². The van der Waals surface area contributed by atoms with Crippen LogP contribution >= 0.6 is 0 Å². The third kappa shape index (κ3) is 7.78. The van der Waals surface area contributed by atoms with Gasteiger partial charge in [-0.15, -0.1) is 0 Å². The highest BCUT2D eigenvalue weighted by Gasteiger charge is 2.38. The first kappa shape index (κ1) is 44.8. The van der Waals surface area contributed by atoms with Gasteiger partial charge in [0.25, 0.3) is 0 Å². The molecule has 11 aromatic carbocycles. The monoisotopic (exact) mass is 972 g/mol. The first-order valence-corrected chi connectivity index (χ1v) is 26.3. The van der Waals surface area contributed by atoms with Crippen LogP contribution in [0.15, 0.2) is 303 Å². The molecule has 4 heteroatoms. The fourth-order valence-electron chi connectivity index (χ4n) is 11.9. The van der Waals surface area contributed by atoms with Gasteiger partial charge in [-0.05, 0) is 136 Å². The van der Waals surface area contributed by atoms with E-state index in [1.807, 2.05) is 0 Å². The second-order valence-electron chi connectivity index (χ2n) is 19.6. The van der Waals surface area contributed by atoms with Crippen LogP contribution < -0.4 is 14.7 Å². The van der Waals surface area contributed by atoms with Gasteiger partial charge in [-0.2, -0.15) is 0 Å². The van der Waals surface area contributed by atoms with Crippen molar-refractivity contribution in [1.29, 1.82) is 0 Å². The minimum absolute atomic E-state index is 0.193. The lowest BCUT2D eigenvalue weighted by atomic mass is 9.91. The van der Waals surface area contributed by atoms with Crippen LogP contribution in [0, 0.1) is 0 Å². The van der Waals surface area contributed by atoms with E-state index in [2.05, 4.69) is 323 Å². The smallest absolute Gasteiger partial charge is 0.0629 e. The van der Waals surface area contributed by atoms with Crippen LogP contribution in [0.1, 0.15) is 11.5 Å². The molecule has 14 rings (SSSR count). The highest BCUT2D eigenvalue weighted by Crippen LogP contribution is 2.51. The number of fused-ring (bicyclic) bond motifs is 6.